The number of para-hydroxylation sites is 2. The Bertz CT molecular complexity index is 7470. The maximum Gasteiger partial charge on any atom is 0.157 e. The number of anilines is 13. The highest BCUT2D eigenvalue weighted by Crippen LogP contribution is 2.43. The van der Waals surface area contributed by atoms with Crippen LogP contribution in [0.5, 0.6) is 0 Å². The Morgan fingerprint density at radius 3 is 1.54 bits per heavy atom. The van der Waals surface area contributed by atoms with Crippen LogP contribution in [0.3, 0.4) is 0 Å². The lowest BCUT2D eigenvalue weighted by atomic mass is 9.90. The molecule has 0 radical (unpaired) electrons. The summed E-state index contributed by atoms with van der Waals surface area (Å²) in [4.78, 5) is 41.2. The van der Waals surface area contributed by atoms with Gasteiger partial charge in [-0.05, 0) is 268 Å². The normalized spacial score (nSPS) is 12.8. The van der Waals surface area contributed by atoms with Crippen molar-refractivity contribution in [3.63, 3.8) is 0 Å². The maximum absolute atomic E-state index is 12.2. The van der Waals surface area contributed by atoms with Crippen LogP contribution in [-0.2, 0) is 55.4 Å². The fourth-order valence-electron chi connectivity index (χ4n) is 16.1. The number of imidazole rings is 1. The first-order valence-corrected chi connectivity index (χ1v) is 59.9. The molecular formula is C105H112N17O7P5S2. The molecular weight excluding hydrogens is 1830 g/mol. The molecule has 0 saturated heterocycles. The van der Waals surface area contributed by atoms with Gasteiger partial charge in [0.1, 0.15) is 88.0 Å². The third kappa shape index (κ3) is 25.1. The van der Waals surface area contributed by atoms with Crippen LogP contribution in [0.2, 0.25) is 0 Å². The van der Waals surface area contributed by atoms with E-state index < -0.39 is 35.7 Å². The molecule has 10 N–H and O–H groups in total. The summed E-state index contributed by atoms with van der Waals surface area (Å²) in [7, 11) is -11.2. The molecule has 0 bridgehead atoms. The van der Waals surface area contributed by atoms with Crippen LogP contribution in [0, 0.1) is 6.92 Å². The van der Waals surface area contributed by atoms with E-state index >= 15 is 0 Å². The monoisotopic (exact) mass is 1940 g/mol. The van der Waals surface area contributed by atoms with Gasteiger partial charge in [0, 0.05) is 142 Å². The van der Waals surface area contributed by atoms with E-state index in [2.05, 4.69) is 98.4 Å². The number of fused-ring (bicyclic) bond motifs is 7. The third-order valence-electron chi connectivity index (χ3n) is 23.3. The highest BCUT2D eigenvalue weighted by atomic mass is 32.1. The van der Waals surface area contributed by atoms with Crippen molar-refractivity contribution in [1.29, 1.82) is 0 Å². The average Bonchev–Trinajstić information content (AvgIpc) is 1.60. The van der Waals surface area contributed by atoms with Gasteiger partial charge in [-0.2, -0.15) is 0 Å². The SMILES string of the molecule is CP(C)(=O)c1ccc(CNc2cc(NC3CCCC3)c3cscc3n2)cc1.CP(C)(=O)c1ccc(CNc2cc(Nc3ccccc3)c3ncccc3n2)cc1.CP(C)(=O)c1ccc(Nc2cc(-c3ccoc3)c3c(n2)CCCC3)cc1.CP(C)(=O)c1ccc(Nc2nc3ccccc3c3nc(CO)[nH]c23)cc1.Cc1cc2nc(Nc3ccc(P(C)(C)=O)cc3)cc(Nc3cccnc3)c2s1. The van der Waals surface area contributed by atoms with E-state index in [9.17, 15) is 27.9 Å². The predicted octanol–water partition coefficient (Wildman–Crippen LogP) is 25.3. The first-order valence-electron chi connectivity index (χ1n) is 45.1. The molecule has 24 nitrogen and oxygen atoms in total. The lowest BCUT2D eigenvalue weighted by Crippen LogP contribution is -2.15. The van der Waals surface area contributed by atoms with E-state index in [1.165, 1.54) is 71.3 Å². The molecule has 2 aliphatic carbocycles. The number of aromatic nitrogens is 9. The summed E-state index contributed by atoms with van der Waals surface area (Å²) in [6.07, 6.45) is 18.5. The van der Waals surface area contributed by atoms with Gasteiger partial charge < -0.3 is 79.9 Å². The Kier molecular flexibility index (Phi) is 30.3. The number of aryl methyl sites for hydroxylation is 2. The van der Waals surface area contributed by atoms with Crippen LogP contribution >= 0.6 is 58.4 Å². The van der Waals surface area contributed by atoms with E-state index in [1.807, 2.05) is 218 Å². The first kappa shape index (κ1) is 96.4. The van der Waals surface area contributed by atoms with Crippen molar-refractivity contribution < 1.29 is 32.3 Å². The summed E-state index contributed by atoms with van der Waals surface area (Å²) in [5.74, 6) is 4.38. The smallest absolute Gasteiger partial charge is 0.157 e. The molecule has 7 aromatic carbocycles. The quantitative estimate of drug-likeness (QED) is 0.0238. The van der Waals surface area contributed by atoms with Crippen molar-refractivity contribution in [2.45, 2.75) is 84.0 Å². The molecule has 11 aromatic heterocycles. The van der Waals surface area contributed by atoms with Gasteiger partial charge in [0.2, 0.25) is 0 Å². The Balaban J connectivity index is 0.000000123. The van der Waals surface area contributed by atoms with Crippen molar-refractivity contribution in [3.8, 4) is 11.1 Å². The van der Waals surface area contributed by atoms with Crippen molar-refractivity contribution in [1.82, 2.24) is 44.9 Å². The highest BCUT2D eigenvalue weighted by molar-refractivity contribution is 7.71. The minimum Gasteiger partial charge on any atom is -0.472 e. The number of H-pyrrole nitrogens is 1. The number of aliphatic hydroxyl groups is 1. The topological polar surface area (TPSA) is 334 Å². The standard InChI is InChI=1S/C23H23N4OP.C21H21N4OPS.C21H26N3OPS.C21H23N2O2P.C19H19N4O2P/c1-29(2,28)19-12-10-17(11-13-19)16-25-22-15-21(26-18-7-4-3-5-8-18)23-20(27-22)9-6-14-24-23;1-14-11-18-21(28-14)19(23-16-5-4-10-22-13-16)12-20(25-18)24-15-6-8-17(9-7-15)27(2,3)26;1-26(2,25)17-9-7-15(8-10-17)12-22-21-11-19(23-16-5-3-4-6-16)18-13-27-14-20(18)24-21;1-26(2,24)17-9-7-16(8-10-17)22-21-13-19(15-11-12-25-14-15)18-5-3-4-6-20(18)23-21;1-26(2,25)13-9-7-12(8-10-13)20-19-18-17(22-16(11-24)23-18)14-5-3-4-6-15(14)21-19/h3-15H,16H2,1-2H3,(H2,25,26,27);4-13H,1-3H3,(H2,23,24,25);7-11,13-14,16,23H,3-6,12H2,1-2H3,(H,22,24);7-14H,3-6H2,1-2H3,(H,22,23);3-10,24H,11H2,1-2H3,(H,20,21)(H,22,23). The molecule has 31 heteroatoms. The van der Waals surface area contributed by atoms with E-state index in [1.54, 1.807) is 120 Å². The second-order valence-electron chi connectivity index (χ2n) is 35.8. The van der Waals surface area contributed by atoms with E-state index in [0.717, 1.165) is 168 Å². The number of furan rings is 1. The van der Waals surface area contributed by atoms with E-state index in [0.29, 0.717) is 30.8 Å². The van der Waals surface area contributed by atoms with Crippen LogP contribution in [0.15, 0.2) is 283 Å². The predicted molar refractivity (Wildman–Crippen MR) is 575 cm³/mol. The summed E-state index contributed by atoms with van der Waals surface area (Å²) in [5.41, 5.74) is 20.7. The molecule has 20 rings (SSSR count). The molecule has 0 atom stereocenters. The van der Waals surface area contributed by atoms with Gasteiger partial charge in [0.05, 0.1) is 62.6 Å². The summed E-state index contributed by atoms with van der Waals surface area (Å²) in [6.45, 7) is 21.1. The molecule has 0 spiro atoms. The number of hydrogen-bond acceptors (Lipinski definition) is 25. The van der Waals surface area contributed by atoms with Crippen LogP contribution in [0.25, 0.3) is 65.2 Å². The number of aliphatic hydroxyl groups excluding tert-OH is 1. The summed E-state index contributed by atoms with van der Waals surface area (Å²) in [5, 5.41) is 47.8. The minimum absolute atomic E-state index is 0.167. The molecule has 1 fully saturated rings. The van der Waals surface area contributed by atoms with Gasteiger partial charge >= 0.3 is 0 Å². The van der Waals surface area contributed by atoms with Gasteiger partial charge in [0.15, 0.2) is 5.82 Å². The number of thiophene rings is 2. The van der Waals surface area contributed by atoms with Crippen molar-refractivity contribution in [2.24, 2.45) is 0 Å². The van der Waals surface area contributed by atoms with Gasteiger partial charge in [-0.1, -0.05) is 97.8 Å². The number of nitrogens with one attached hydrogen (secondary N) is 9. The molecule has 136 heavy (non-hydrogen) atoms. The zero-order valence-electron chi connectivity index (χ0n) is 77.9. The summed E-state index contributed by atoms with van der Waals surface area (Å²) in [6, 6.07) is 77.3. The highest BCUT2D eigenvalue weighted by Gasteiger charge is 2.24. The molecule has 11 heterocycles. The number of aromatic amines is 1. The molecule has 0 aliphatic heterocycles. The van der Waals surface area contributed by atoms with Gasteiger partial charge in [0.25, 0.3) is 0 Å². The van der Waals surface area contributed by atoms with Crippen LogP contribution in [0.1, 0.15) is 71.6 Å². The number of pyridine rings is 7. The minimum atomic E-state index is -2.28. The molecule has 2 aliphatic rings. The Morgan fingerprint density at radius 1 is 0.441 bits per heavy atom. The second-order valence-corrected chi connectivity index (χ2v) is 53.9. The van der Waals surface area contributed by atoms with E-state index in [-0.39, 0.29) is 6.61 Å². The zero-order valence-corrected chi connectivity index (χ0v) is 84.0. The number of hydrogen-bond donors (Lipinski definition) is 10. The molecule has 696 valence electrons. The lowest BCUT2D eigenvalue weighted by molar-refractivity contribution is 0.273. The molecule has 0 unspecified atom stereocenters. The second kappa shape index (κ2) is 42.7. The van der Waals surface area contributed by atoms with Crippen LogP contribution in [0.4, 0.5) is 74.6 Å². The van der Waals surface area contributed by atoms with E-state index in [4.69, 9.17) is 29.3 Å². The summed E-state index contributed by atoms with van der Waals surface area (Å²) < 4.78 is 67.3. The van der Waals surface area contributed by atoms with Gasteiger partial charge in [-0.3, -0.25) is 9.97 Å². The zero-order chi connectivity index (χ0) is 95.3. The van der Waals surface area contributed by atoms with Crippen molar-refractivity contribution in [2.75, 3.05) is 109 Å². The van der Waals surface area contributed by atoms with Crippen LogP contribution < -0.4 is 69.1 Å². The van der Waals surface area contributed by atoms with Gasteiger partial charge in [-0.25, -0.2) is 29.9 Å². The number of rotatable bonds is 25. The molecule has 0 amide bonds. The Hall–Kier alpha value is -12.7. The fourth-order valence-corrected chi connectivity index (χ4v) is 22.1. The van der Waals surface area contributed by atoms with Crippen molar-refractivity contribution >= 4 is 214 Å². The Labute approximate surface area is 801 Å². The maximum atomic E-state index is 12.2. The third-order valence-corrected chi connectivity index (χ3v) is 32.8. The number of nitrogens with zero attached hydrogens (tertiary/aromatic N) is 8. The largest absolute Gasteiger partial charge is 0.472 e. The average molecular weight is 1940 g/mol. The number of benzene rings is 7. The van der Waals surface area contributed by atoms with Crippen LogP contribution in [-0.4, -0.2) is 123 Å². The fraction of sp³-hybridized carbons (Fsp3) is 0.219. The Morgan fingerprint density at radius 2 is 0.956 bits per heavy atom. The lowest BCUT2D eigenvalue weighted by Gasteiger charge is -2.20. The van der Waals surface area contributed by atoms with Gasteiger partial charge in [-0.15, -0.1) is 22.7 Å². The molecule has 1 saturated carbocycles. The first-order chi connectivity index (χ1) is 65.3. The van der Waals surface area contributed by atoms with Crippen molar-refractivity contribution in [3.05, 3.63) is 312 Å². The molecule has 18 aromatic rings. The summed E-state index contributed by atoms with van der Waals surface area (Å²) >= 11 is 3.41.